The largest absolute Gasteiger partial charge is 0.311 e. The normalized spacial score (nSPS) is 27.9. The molecule has 0 radical (unpaired) electrons. The van der Waals surface area contributed by atoms with Gasteiger partial charge in [-0.3, -0.25) is 0 Å². The standard InChI is InChI=1S/C14H23NS/c1-11-3-5-14(6-4-11)15-12(2)9-13-7-8-16-10-13/h7-8,10-12,14-15H,3-6,9H2,1-2H3. The third-order valence-corrected chi connectivity index (χ3v) is 4.39. The van der Waals surface area contributed by atoms with Gasteiger partial charge in [-0.15, -0.1) is 0 Å². The van der Waals surface area contributed by atoms with Gasteiger partial charge < -0.3 is 5.32 Å². The molecule has 0 amide bonds. The molecule has 1 unspecified atom stereocenters. The Hall–Kier alpha value is -0.340. The fourth-order valence-electron chi connectivity index (χ4n) is 2.65. The maximum Gasteiger partial charge on any atom is 0.00820 e. The fourth-order valence-corrected chi connectivity index (χ4v) is 3.33. The van der Waals surface area contributed by atoms with Crippen LogP contribution in [0.5, 0.6) is 0 Å². The summed E-state index contributed by atoms with van der Waals surface area (Å²) in [6.45, 7) is 4.70. The minimum atomic E-state index is 0.619. The molecule has 2 rings (SSSR count). The van der Waals surface area contributed by atoms with E-state index >= 15 is 0 Å². The highest BCUT2D eigenvalue weighted by atomic mass is 32.1. The van der Waals surface area contributed by atoms with Crippen LogP contribution in [0.4, 0.5) is 0 Å². The lowest BCUT2D eigenvalue weighted by Gasteiger charge is -2.29. The zero-order chi connectivity index (χ0) is 11.4. The van der Waals surface area contributed by atoms with Crippen molar-refractivity contribution in [1.29, 1.82) is 0 Å². The summed E-state index contributed by atoms with van der Waals surface area (Å²) >= 11 is 1.80. The number of nitrogens with one attached hydrogen (secondary N) is 1. The van der Waals surface area contributed by atoms with Crippen molar-refractivity contribution >= 4 is 11.3 Å². The summed E-state index contributed by atoms with van der Waals surface area (Å²) in [5.74, 6) is 0.949. The van der Waals surface area contributed by atoms with E-state index in [-0.39, 0.29) is 0 Å². The molecule has 0 aliphatic heterocycles. The predicted molar refractivity (Wildman–Crippen MR) is 72.0 cm³/mol. The molecule has 0 spiro atoms. The van der Waals surface area contributed by atoms with E-state index in [1.54, 1.807) is 11.3 Å². The Morgan fingerprint density at radius 2 is 2.12 bits per heavy atom. The molecule has 90 valence electrons. The molecule has 2 heteroatoms. The Morgan fingerprint density at radius 3 is 2.75 bits per heavy atom. The maximum atomic E-state index is 3.78. The Morgan fingerprint density at radius 1 is 1.38 bits per heavy atom. The van der Waals surface area contributed by atoms with Gasteiger partial charge in [-0.05, 0) is 67.3 Å². The second-order valence-electron chi connectivity index (χ2n) is 5.36. The van der Waals surface area contributed by atoms with E-state index in [9.17, 15) is 0 Å². The van der Waals surface area contributed by atoms with Crippen LogP contribution in [0.15, 0.2) is 16.8 Å². The molecule has 1 aliphatic rings. The smallest absolute Gasteiger partial charge is 0.00820 e. The van der Waals surface area contributed by atoms with Crippen molar-refractivity contribution in [3.8, 4) is 0 Å². The highest BCUT2D eigenvalue weighted by Crippen LogP contribution is 2.24. The average Bonchev–Trinajstić information content (AvgIpc) is 2.74. The lowest BCUT2D eigenvalue weighted by atomic mass is 9.87. The molecule has 1 aromatic rings. The summed E-state index contributed by atoms with van der Waals surface area (Å²) in [6, 6.07) is 3.63. The van der Waals surface area contributed by atoms with E-state index < -0.39 is 0 Å². The van der Waals surface area contributed by atoms with Crippen LogP contribution < -0.4 is 5.32 Å². The SMILES string of the molecule is CC1CCC(NC(C)Cc2ccsc2)CC1. The van der Waals surface area contributed by atoms with Crippen LogP contribution >= 0.6 is 11.3 Å². The second kappa shape index (κ2) is 5.83. The molecule has 1 aliphatic carbocycles. The third kappa shape index (κ3) is 3.60. The van der Waals surface area contributed by atoms with Crippen LogP contribution in [0.1, 0.15) is 45.1 Å². The topological polar surface area (TPSA) is 12.0 Å². The van der Waals surface area contributed by atoms with E-state index in [0.717, 1.165) is 12.0 Å². The van der Waals surface area contributed by atoms with Gasteiger partial charge in [0.05, 0.1) is 0 Å². The van der Waals surface area contributed by atoms with Gasteiger partial charge in [-0.1, -0.05) is 6.92 Å². The van der Waals surface area contributed by atoms with Gasteiger partial charge in [-0.2, -0.15) is 11.3 Å². The predicted octanol–water partition coefficient (Wildman–Crippen LogP) is 3.85. The van der Waals surface area contributed by atoms with Crippen molar-refractivity contribution < 1.29 is 0 Å². The van der Waals surface area contributed by atoms with E-state index in [4.69, 9.17) is 0 Å². The summed E-state index contributed by atoms with van der Waals surface area (Å²) < 4.78 is 0. The quantitative estimate of drug-likeness (QED) is 0.839. The lowest BCUT2D eigenvalue weighted by Crippen LogP contribution is -2.39. The maximum absolute atomic E-state index is 3.78. The number of hydrogen-bond donors (Lipinski definition) is 1. The highest BCUT2D eigenvalue weighted by Gasteiger charge is 2.19. The van der Waals surface area contributed by atoms with Crippen LogP contribution in [-0.2, 0) is 6.42 Å². The van der Waals surface area contributed by atoms with Crippen molar-refractivity contribution in [2.75, 3.05) is 0 Å². The molecule has 1 fully saturated rings. The molecule has 1 N–H and O–H groups in total. The summed E-state index contributed by atoms with van der Waals surface area (Å²) in [5.41, 5.74) is 1.48. The van der Waals surface area contributed by atoms with Crippen LogP contribution in [0.3, 0.4) is 0 Å². The first-order valence-electron chi connectivity index (χ1n) is 6.51. The Bertz CT molecular complexity index is 286. The van der Waals surface area contributed by atoms with Crippen LogP contribution in [-0.4, -0.2) is 12.1 Å². The van der Waals surface area contributed by atoms with E-state index in [1.807, 2.05) is 0 Å². The molecule has 0 aromatic carbocycles. The van der Waals surface area contributed by atoms with E-state index in [1.165, 1.54) is 37.7 Å². The van der Waals surface area contributed by atoms with Gasteiger partial charge in [0.1, 0.15) is 0 Å². The van der Waals surface area contributed by atoms with Crippen LogP contribution in [0.2, 0.25) is 0 Å². The van der Waals surface area contributed by atoms with Gasteiger partial charge in [0.25, 0.3) is 0 Å². The van der Waals surface area contributed by atoms with Gasteiger partial charge in [0, 0.05) is 12.1 Å². The lowest BCUT2D eigenvalue weighted by molar-refractivity contribution is 0.290. The number of hydrogen-bond acceptors (Lipinski definition) is 2. The summed E-state index contributed by atoms with van der Waals surface area (Å²) in [5, 5.41) is 8.22. The molecule has 1 heterocycles. The second-order valence-corrected chi connectivity index (χ2v) is 6.14. The molecule has 1 nitrogen and oxygen atoms in total. The van der Waals surface area contributed by atoms with E-state index in [2.05, 4.69) is 36.0 Å². The fraction of sp³-hybridized carbons (Fsp3) is 0.714. The van der Waals surface area contributed by atoms with Gasteiger partial charge in [0.2, 0.25) is 0 Å². The molecule has 16 heavy (non-hydrogen) atoms. The van der Waals surface area contributed by atoms with Crippen molar-refractivity contribution in [3.05, 3.63) is 22.4 Å². The van der Waals surface area contributed by atoms with Crippen molar-refractivity contribution in [2.45, 2.75) is 58.0 Å². The molecule has 0 bridgehead atoms. The Labute approximate surface area is 103 Å². The summed E-state index contributed by atoms with van der Waals surface area (Å²) in [4.78, 5) is 0. The zero-order valence-electron chi connectivity index (χ0n) is 10.4. The van der Waals surface area contributed by atoms with Crippen LogP contribution in [0, 0.1) is 5.92 Å². The highest BCUT2D eigenvalue weighted by molar-refractivity contribution is 7.07. The monoisotopic (exact) mass is 237 g/mol. The molecular formula is C14H23NS. The average molecular weight is 237 g/mol. The third-order valence-electron chi connectivity index (χ3n) is 3.66. The first kappa shape index (κ1) is 12.1. The van der Waals surface area contributed by atoms with E-state index in [0.29, 0.717) is 6.04 Å². The van der Waals surface area contributed by atoms with Gasteiger partial charge in [-0.25, -0.2) is 0 Å². The molecule has 1 atom stereocenters. The minimum absolute atomic E-state index is 0.619. The van der Waals surface area contributed by atoms with Gasteiger partial charge in [0.15, 0.2) is 0 Å². The molecule has 0 saturated heterocycles. The van der Waals surface area contributed by atoms with Gasteiger partial charge >= 0.3 is 0 Å². The molecular weight excluding hydrogens is 214 g/mol. The summed E-state index contributed by atoms with van der Waals surface area (Å²) in [6.07, 6.45) is 6.73. The summed E-state index contributed by atoms with van der Waals surface area (Å²) in [7, 11) is 0. The molecule has 1 saturated carbocycles. The van der Waals surface area contributed by atoms with Crippen molar-refractivity contribution in [3.63, 3.8) is 0 Å². The van der Waals surface area contributed by atoms with Crippen LogP contribution in [0.25, 0.3) is 0 Å². The van der Waals surface area contributed by atoms with Crippen molar-refractivity contribution in [2.24, 2.45) is 5.92 Å². The Kier molecular flexibility index (Phi) is 4.42. The number of thiophene rings is 1. The first-order chi connectivity index (χ1) is 7.74. The first-order valence-corrected chi connectivity index (χ1v) is 7.45. The Balaban J connectivity index is 1.72. The minimum Gasteiger partial charge on any atom is -0.311 e. The van der Waals surface area contributed by atoms with Crippen molar-refractivity contribution in [1.82, 2.24) is 5.32 Å². The number of rotatable bonds is 4. The molecule has 1 aromatic heterocycles. The zero-order valence-corrected chi connectivity index (χ0v) is 11.2.